The van der Waals surface area contributed by atoms with Crippen LogP contribution in [-0.2, 0) is 4.74 Å². The van der Waals surface area contributed by atoms with Crippen LogP contribution in [0.2, 0.25) is 0 Å². The molecule has 0 amide bonds. The highest BCUT2D eigenvalue weighted by Gasteiger charge is 2.31. The molecule has 0 aromatic rings. The van der Waals surface area contributed by atoms with E-state index in [2.05, 4.69) is 6.58 Å². The van der Waals surface area contributed by atoms with Crippen molar-refractivity contribution in [2.24, 2.45) is 0 Å². The van der Waals surface area contributed by atoms with Crippen molar-refractivity contribution in [3.05, 3.63) is 12.7 Å². The van der Waals surface area contributed by atoms with E-state index in [1.54, 1.807) is 6.08 Å². The molecule has 1 fully saturated rings. The van der Waals surface area contributed by atoms with Crippen molar-refractivity contribution in [1.82, 2.24) is 0 Å². The van der Waals surface area contributed by atoms with Gasteiger partial charge in [0.05, 0.1) is 18.8 Å². The van der Waals surface area contributed by atoms with Gasteiger partial charge in [0.25, 0.3) is 0 Å². The summed E-state index contributed by atoms with van der Waals surface area (Å²) in [5.41, 5.74) is 0. The Labute approximate surface area is 59.9 Å². The molecule has 3 nitrogen and oxygen atoms in total. The van der Waals surface area contributed by atoms with Crippen LogP contribution in [-0.4, -0.2) is 35.1 Å². The first kappa shape index (κ1) is 7.72. The Morgan fingerprint density at radius 1 is 1.70 bits per heavy atom. The first-order valence-corrected chi connectivity index (χ1v) is 3.35. The van der Waals surface area contributed by atoms with Gasteiger partial charge in [0.2, 0.25) is 0 Å². The van der Waals surface area contributed by atoms with Crippen LogP contribution < -0.4 is 0 Å². The molecule has 0 unspecified atom stereocenters. The fourth-order valence-electron chi connectivity index (χ4n) is 1.08. The fraction of sp³-hybridized carbons (Fsp3) is 0.714. The molecule has 0 aliphatic carbocycles. The Bertz CT molecular complexity index is 124. The molecule has 3 heteroatoms. The Morgan fingerprint density at radius 2 is 2.40 bits per heavy atom. The molecular weight excluding hydrogens is 132 g/mol. The van der Waals surface area contributed by atoms with E-state index in [1.807, 2.05) is 0 Å². The molecule has 3 atom stereocenters. The third kappa shape index (κ3) is 1.37. The maximum absolute atomic E-state index is 9.16. The average Bonchev–Trinajstić information content (AvgIpc) is 2.30. The largest absolute Gasteiger partial charge is 0.394 e. The predicted octanol–water partition coefficient (Wildman–Crippen LogP) is -0.317. The lowest BCUT2D eigenvalue weighted by Gasteiger charge is -2.08. The molecule has 0 saturated carbocycles. The summed E-state index contributed by atoms with van der Waals surface area (Å²) in [5, 5.41) is 17.8. The van der Waals surface area contributed by atoms with Crippen LogP contribution in [0.25, 0.3) is 0 Å². The zero-order valence-electron chi connectivity index (χ0n) is 5.73. The van der Waals surface area contributed by atoms with Crippen LogP contribution in [0.5, 0.6) is 0 Å². The molecule has 58 valence electrons. The highest BCUT2D eigenvalue weighted by molar-refractivity contribution is 4.91. The molecule has 1 aliphatic heterocycles. The smallest absolute Gasteiger partial charge is 0.107 e. The van der Waals surface area contributed by atoms with E-state index in [0.717, 1.165) is 0 Å². The molecule has 0 radical (unpaired) electrons. The standard InChI is InChI=1S/C7H12O3/c1-2-5-3-6(9)7(4-8)10-5/h2,5-9H,1,3-4H2/t5-,6-,7+/m0/s1. The second-order valence-electron chi connectivity index (χ2n) is 2.43. The summed E-state index contributed by atoms with van der Waals surface area (Å²) in [4.78, 5) is 0. The molecule has 1 saturated heterocycles. The summed E-state index contributed by atoms with van der Waals surface area (Å²) >= 11 is 0. The first-order valence-electron chi connectivity index (χ1n) is 3.35. The van der Waals surface area contributed by atoms with E-state index in [-0.39, 0.29) is 12.7 Å². The summed E-state index contributed by atoms with van der Waals surface area (Å²) in [5.74, 6) is 0. The number of hydrogen-bond donors (Lipinski definition) is 2. The van der Waals surface area contributed by atoms with E-state index >= 15 is 0 Å². The van der Waals surface area contributed by atoms with Gasteiger partial charge in [-0.2, -0.15) is 0 Å². The van der Waals surface area contributed by atoms with Gasteiger partial charge in [-0.1, -0.05) is 6.08 Å². The monoisotopic (exact) mass is 144 g/mol. The number of ether oxygens (including phenoxy) is 1. The topological polar surface area (TPSA) is 49.7 Å². The van der Waals surface area contributed by atoms with Crippen molar-refractivity contribution in [2.75, 3.05) is 6.61 Å². The van der Waals surface area contributed by atoms with Crippen LogP contribution >= 0.6 is 0 Å². The predicted molar refractivity (Wildman–Crippen MR) is 36.6 cm³/mol. The average molecular weight is 144 g/mol. The van der Waals surface area contributed by atoms with E-state index in [1.165, 1.54) is 0 Å². The Balaban J connectivity index is 2.43. The lowest BCUT2D eigenvalue weighted by Crippen LogP contribution is -2.24. The van der Waals surface area contributed by atoms with E-state index < -0.39 is 12.2 Å². The van der Waals surface area contributed by atoms with Crippen molar-refractivity contribution in [3.8, 4) is 0 Å². The molecule has 0 aromatic carbocycles. The third-order valence-electron chi connectivity index (χ3n) is 1.70. The number of aliphatic hydroxyl groups is 2. The quantitative estimate of drug-likeness (QED) is 0.522. The molecule has 1 aliphatic rings. The van der Waals surface area contributed by atoms with Gasteiger partial charge >= 0.3 is 0 Å². The minimum absolute atomic E-state index is 0.0906. The van der Waals surface area contributed by atoms with Crippen molar-refractivity contribution in [2.45, 2.75) is 24.7 Å². The van der Waals surface area contributed by atoms with Gasteiger partial charge in [0, 0.05) is 6.42 Å². The molecule has 10 heavy (non-hydrogen) atoms. The minimum atomic E-state index is -0.534. The van der Waals surface area contributed by atoms with E-state index in [4.69, 9.17) is 14.9 Å². The molecule has 0 aromatic heterocycles. The van der Waals surface area contributed by atoms with Gasteiger partial charge in [-0.25, -0.2) is 0 Å². The highest BCUT2D eigenvalue weighted by atomic mass is 16.5. The maximum Gasteiger partial charge on any atom is 0.107 e. The Kier molecular flexibility index (Phi) is 2.43. The van der Waals surface area contributed by atoms with Crippen LogP contribution in [0.3, 0.4) is 0 Å². The van der Waals surface area contributed by atoms with Gasteiger partial charge in [-0.05, 0) is 0 Å². The van der Waals surface area contributed by atoms with Crippen molar-refractivity contribution in [1.29, 1.82) is 0 Å². The summed E-state index contributed by atoms with van der Waals surface area (Å²) < 4.78 is 5.15. The van der Waals surface area contributed by atoms with E-state index in [0.29, 0.717) is 6.42 Å². The highest BCUT2D eigenvalue weighted by Crippen LogP contribution is 2.20. The Hall–Kier alpha value is -0.380. The first-order chi connectivity index (χ1) is 4.77. The zero-order valence-corrected chi connectivity index (χ0v) is 5.73. The molecular formula is C7H12O3. The SMILES string of the molecule is C=C[C@H]1C[C@H](O)[C@@H](CO)O1. The molecule has 0 spiro atoms. The van der Waals surface area contributed by atoms with Crippen molar-refractivity contribution in [3.63, 3.8) is 0 Å². The fourth-order valence-corrected chi connectivity index (χ4v) is 1.08. The van der Waals surface area contributed by atoms with Gasteiger partial charge in [0.1, 0.15) is 6.10 Å². The molecule has 1 rings (SSSR count). The summed E-state index contributed by atoms with van der Waals surface area (Å²) in [6.07, 6.45) is 1.15. The van der Waals surface area contributed by atoms with Crippen molar-refractivity contribution < 1.29 is 14.9 Å². The summed E-state index contributed by atoms with van der Waals surface area (Å²) in [6, 6.07) is 0. The second-order valence-corrected chi connectivity index (χ2v) is 2.43. The molecule has 2 N–H and O–H groups in total. The molecule has 1 heterocycles. The number of rotatable bonds is 2. The van der Waals surface area contributed by atoms with Crippen LogP contribution in [0.4, 0.5) is 0 Å². The normalized spacial score (nSPS) is 40.0. The summed E-state index contributed by atoms with van der Waals surface area (Å²) in [6.45, 7) is 3.41. The lowest BCUT2D eigenvalue weighted by molar-refractivity contribution is -0.0106. The van der Waals surface area contributed by atoms with Crippen LogP contribution in [0.15, 0.2) is 12.7 Å². The van der Waals surface area contributed by atoms with Gasteiger partial charge in [0.15, 0.2) is 0 Å². The number of aliphatic hydroxyl groups excluding tert-OH is 2. The van der Waals surface area contributed by atoms with E-state index in [9.17, 15) is 0 Å². The lowest BCUT2D eigenvalue weighted by atomic mass is 10.1. The maximum atomic E-state index is 9.16. The summed E-state index contributed by atoms with van der Waals surface area (Å²) in [7, 11) is 0. The van der Waals surface area contributed by atoms with Crippen LogP contribution in [0.1, 0.15) is 6.42 Å². The second kappa shape index (κ2) is 3.14. The van der Waals surface area contributed by atoms with Crippen LogP contribution in [0, 0.1) is 0 Å². The number of hydrogen-bond acceptors (Lipinski definition) is 3. The zero-order chi connectivity index (χ0) is 7.56. The minimum Gasteiger partial charge on any atom is -0.394 e. The third-order valence-corrected chi connectivity index (χ3v) is 1.70. The van der Waals surface area contributed by atoms with Gasteiger partial charge in [-0.15, -0.1) is 6.58 Å². The molecule has 0 bridgehead atoms. The Morgan fingerprint density at radius 3 is 2.70 bits per heavy atom. The van der Waals surface area contributed by atoms with Gasteiger partial charge < -0.3 is 14.9 Å². The van der Waals surface area contributed by atoms with Crippen molar-refractivity contribution >= 4 is 0 Å². The van der Waals surface area contributed by atoms with Gasteiger partial charge in [-0.3, -0.25) is 0 Å².